The third kappa shape index (κ3) is 5.21. The fraction of sp³-hybridized carbons (Fsp3) is 0.381. The summed E-state index contributed by atoms with van der Waals surface area (Å²) in [6.07, 6.45) is -7.06. The van der Waals surface area contributed by atoms with Gasteiger partial charge < -0.3 is 50.0 Å². The molecule has 32 heavy (non-hydrogen) atoms. The van der Waals surface area contributed by atoms with Crippen LogP contribution in [0.2, 0.25) is 0 Å². The minimum Gasteiger partial charge on any atom is -0.504 e. The van der Waals surface area contributed by atoms with Crippen LogP contribution in [-0.2, 0) is 15.9 Å². The van der Waals surface area contributed by atoms with Crippen LogP contribution in [0.4, 0.5) is 0 Å². The first-order chi connectivity index (χ1) is 15.2. The maximum absolute atomic E-state index is 12.2. The second-order valence-electron chi connectivity index (χ2n) is 7.21. The van der Waals surface area contributed by atoms with E-state index < -0.39 is 60.5 Å². The highest BCUT2D eigenvalue weighted by molar-refractivity contribution is 5.91. The zero-order chi connectivity index (χ0) is 23.4. The monoisotopic (exact) mass is 452 g/mol. The molecule has 0 radical (unpaired) electrons. The van der Waals surface area contributed by atoms with E-state index in [9.17, 15) is 35.4 Å². The van der Waals surface area contributed by atoms with Gasteiger partial charge in [0, 0.05) is 6.61 Å². The average Bonchev–Trinajstić information content (AvgIpc) is 2.77. The van der Waals surface area contributed by atoms with Crippen LogP contribution >= 0.6 is 0 Å². The lowest BCUT2D eigenvalue weighted by Gasteiger charge is -2.39. The number of carbonyl (C=O) groups excluding carboxylic acids is 1. The van der Waals surface area contributed by atoms with Crippen LogP contribution < -0.4 is 4.74 Å². The average molecular weight is 452 g/mol. The highest BCUT2D eigenvalue weighted by Crippen LogP contribution is 2.35. The molecule has 0 aromatic heterocycles. The summed E-state index contributed by atoms with van der Waals surface area (Å²) in [5, 5.41) is 67.8. The van der Waals surface area contributed by atoms with Crippen LogP contribution in [0.5, 0.6) is 23.0 Å². The quantitative estimate of drug-likeness (QED) is 0.210. The van der Waals surface area contributed by atoms with Crippen LogP contribution in [0.1, 0.15) is 15.9 Å². The van der Waals surface area contributed by atoms with E-state index in [2.05, 4.69) is 0 Å². The summed E-state index contributed by atoms with van der Waals surface area (Å²) in [7, 11) is 0. The second kappa shape index (κ2) is 10.0. The number of aromatic hydroxyl groups is 3. The highest BCUT2D eigenvalue weighted by Gasteiger charge is 2.45. The SMILES string of the molecule is O=C(OC[C@H]1O[C@@H](Oc2ccc(CCO)cc2)[C@H](O)[C@@H](O)[C@@H]1O)c1cc(O)c(O)c(O)c1. The molecule has 0 aliphatic carbocycles. The first-order valence-corrected chi connectivity index (χ1v) is 9.69. The Morgan fingerprint density at radius 2 is 1.56 bits per heavy atom. The van der Waals surface area contributed by atoms with E-state index in [1.807, 2.05) is 0 Å². The number of aliphatic hydroxyl groups excluding tert-OH is 4. The van der Waals surface area contributed by atoms with Gasteiger partial charge in [-0.25, -0.2) is 4.79 Å². The molecule has 0 bridgehead atoms. The van der Waals surface area contributed by atoms with Gasteiger partial charge in [-0.3, -0.25) is 0 Å². The Balaban J connectivity index is 1.65. The van der Waals surface area contributed by atoms with Gasteiger partial charge in [0.25, 0.3) is 0 Å². The third-order valence-corrected chi connectivity index (χ3v) is 4.93. The van der Waals surface area contributed by atoms with Gasteiger partial charge in [-0.2, -0.15) is 0 Å². The van der Waals surface area contributed by atoms with Crippen molar-refractivity contribution in [1.29, 1.82) is 0 Å². The predicted octanol–water partition coefficient (Wildman–Crippen LogP) is -0.618. The molecular weight excluding hydrogens is 428 g/mol. The van der Waals surface area contributed by atoms with Gasteiger partial charge in [-0.1, -0.05) is 12.1 Å². The number of benzene rings is 2. The van der Waals surface area contributed by atoms with Gasteiger partial charge >= 0.3 is 5.97 Å². The lowest BCUT2D eigenvalue weighted by atomic mass is 9.99. The van der Waals surface area contributed by atoms with Gasteiger partial charge in [0.15, 0.2) is 17.2 Å². The number of aliphatic hydroxyl groups is 4. The first-order valence-electron chi connectivity index (χ1n) is 9.69. The van der Waals surface area contributed by atoms with E-state index in [0.29, 0.717) is 12.2 Å². The number of carbonyl (C=O) groups is 1. The maximum Gasteiger partial charge on any atom is 0.338 e. The second-order valence-corrected chi connectivity index (χ2v) is 7.21. The fourth-order valence-corrected chi connectivity index (χ4v) is 3.11. The molecule has 1 heterocycles. The highest BCUT2D eigenvalue weighted by atomic mass is 16.7. The molecule has 174 valence electrons. The van der Waals surface area contributed by atoms with Crippen molar-refractivity contribution in [2.45, 2.75) is 37.1 Å². The van der Waals surface area contributed by atoms with Crippen LogP contribution in [0.3, 0.4) is 0 Å². The van der Waals surface area contributed by atoms with E-state index in [-0.39, 0.29) is 12.2 Å². The molecule has 0 spiro atoms. The fourth-order valence-electron chi connectivity index (χ4n) is 3.11. The van der Waals surface area contributed by atoms with Crippen LogP contribution in [0.25, 0.3) is 0 Å². The molecule has 1 aliphatic rings. The van der Waals surface area contributed by atoms with Crippen molar-refractivity contribution in [3.8, 4) is 23.0 Å². The van der Waals surface area contributed by atoms with Gasteiger partial charge in [-0.05, 0) is 36.2 Å². The number of phenolic OH excluding ortho intramolecular Hbond substituents is 3. The minimum absolute atomic E-state index is 0.0154. The molecule has 0 unspecified atom stereocenters. The molecule has 2 aromatic carbocycles. The van der Waals surface area contributed by atoms with E-state index in [0.717, 1.165) is 17.7 Å². The van der Waals surface area contributed by atoms with Gasteiger partial charge in [0.05, 0.1) is 5.56 Å². The molecule has 1 saturated heterocycles. The Bertz CT molecular complexity index is 907. The summed E-state index contributed by atoms with van der Waals surface area (Å²) in [6.45, 7) is -0.569. The lowest BCUT2D eigenvalue weighted by molar-refractivity contribution is -0.277. The molecule has 0 saturated carbocycles. The smallest absolute Gasteiger partial charge is 0.338 e. The van der Waals surface area contributed by atoms with Crippen molar-refractivity contribution in [3.05, 3.63) is 47.5 Å². The van der Waals surface area contributed by atoms with Crippen LogP contribution in [0, 0.1) is 0 Å². The molecule has 0 amide bonds. The summed E-state index contributed by atoms with van der Waals surface area (Å²) < 4.78 is 16.0. The molecule has 11 heteroatoms. The Morgan fingerprint density at radius 3 is 2.16 bits per heavy atom. The number of rotatable bonds is 7. The van der Waals surface area contributed by atoms with Crippen molar-refractivity contribution in [2.75, 3.05) is 13.2 Å². The zero-order valence-electron chi connectivity index (χ0n) is 16.7. The van der Waals surface area contributed by atoms with Crippen molar-refractivity contribution >= 4 is 5.97 Å². The normalized spacial score (nSPS) is 25.3. The number of phenols is 3. The van der Waals surface area contributed by atoms with Crippen molar-refractivity contribution in [1.82, 2.24) is 0 Å². The summed E-state index contributed by atoms with van der Waals surface area (Å²) in [5.41, 5.74) is 0.580. The molecule has 3 rings (SSSR count). The summed E-state index contributed by atoms with van der Waals surface area (Å²) >= 11 is 0. The number of hydrogen-bond donors (Lipinski definition) is 7. The molecule has 1 aliphatic heterocycles. The molecular formula is C21H24O11. The van der Waals surface area contributed by atoms with Crippen LogP contribution in [0.15, 0.2) is 36.4 Å². The summed E-state index contributed by atoms with van der Waals surface area (Å²) in [5.74, 6) is -2.98. The first kappa shape index (κ1) is 23.6. The summed E-state index contributed by atoms with van der Waals surface area (Å²) in [4.78, 5) is 12.2. The molecule has 7 N–H and O–H groups in total. The number of hydrogen-bond acceptors (Lipinski definition) is 11. The van der Waals surface area contributed by atoms with Gasteiger partial charge in [0.1, 0.15) is 36.8 Å². The zero-order valence-corrected chi connectivity index (χ0v) is 16.7. The Morgan fingerprint density at radius 1 is 0.938 bits per heavy atom. The van der Waals surface area contributed by atoms with Gasteiger partial charge in [-0.15, -0.1) is 0 Å². The van der Waals surface area contributed by atoms with E-state index in [1.165, 1.54) is 0 Å². The Labute approximate surface area is 182 Å². The van der Waals surface area contributed by atoms with Crippen molar-refractivity contribution in [3.63, 3.8) is 0 Å². The number of esters is 1. The molecule has 5 atom stereocenters. The van der Waals surface area contributed by atoms with Crippen molar-refractivity contribution < 1.29 is 54.8 Å². The van der Waals surface area contributed by atoms with E-state index in [1.54, 1.807) is 24.3 Å². The Kier molecular flexibility index (Phi) is 7.38. The predicted molar refractivity (Wildman–Crippen MR) is 106 cm³/mol. The standard InChI is InChI=1S/C21H24O11/c22-6-5-10-1-3-12(4-2-10)31-21-19(28)18(27)17(26)15(32-21)9-30-20(29)11-7-13(23)16(25)14(24)8-11/h1-4,7-8,15,17-19,21-28H,5-6,9H2/t15-,17-,18+,19-,21-/m1/s1. The third-order valence-electron chi connectivity index (χ3n) is 4.93. The molecule has 11 nitrogen and oxygen atoms in total. The molecule has 2 aromatic rings. The van der Waals surface area contributed by atoms with Crippen molar-refractivity contribution in [2.24, 2.45) is 0 Å². The van der Waals surface area contributed by atoms with Crippen LogP contribution in [-0.4, -0.2) is 85.6 Å². The summed E-state index contributed by atoms with van der Waals surface area (Å²) in [6, 6.07) is 8.32. The molecule has 1 fully saturated rings. The minimum atomic E-state index is -1.66. The van der Waals surface area contributed by atoms with E-state index >= 15 is 0 Å². The lowest BCUT2D eigenvalue weighted by Crippen LogP contribution is -2.60. The Hall–Kier alpha value is -3.09. The maximum atomic E-state index is 12.2. The van der Waals surface area contributed by atoms with Gasteiger partial charge in [0.2, 0.25) is 6.29 Å². The largest absolute Gasteiger partial charge is 0.504 e. The number of ether oxygens (including phenoxy) is 3. The van der Waals surface area contributed by atoms with E-state index in [4.69, 9.17) is 19.3 Å². The topological polar surface area (TPSA) is 186 Å².